The highest BCUT2D eigenvalue weighted by atomic mass is 32.1. The van der Waals surface area contributed by atoms with Crippen molar-refractivity contribution in [3.05, 3.63) is 29.8 Å². The Balaban J connectivity index is 2.67. The van der Waals surface area contributed by atoms with Gasteiger partial charge in [0.15, 0.2) is 5.11 Å². The number of thiocarbonyl (C=S) groups is 1. The van der Waals surface area contributed by atoms with Crippen molar-refractivity contribution in [1.82, 2.24) is 5.43 Å². The average molecular weight is 318 g/mol. The van der Waals surface area contributed by atoms with E-state index < -0.39 is 17.6 Å². The Morgan fingerprint density at radius 3 is 2.67 bits per heavy atom. The van der Waals surface area contributed by atoms with Gasteiger partial charge in [-0.3, -0.25) is 10.2 Å². The Morgan fingerprint density at radius 2 is 2.10 bits per heavy atom. The minimum absolute atomic E-state index is 0.0485. The molecule has 0 radical (unpaired) electrons. The van der Waals surface area contributed by atoms with Crippen LogP contribution >= 0.6 is 12.2 Å². The monoisotopic (exact) mass is 318 g/mol. The van der Waals surface area contributed by atoms with E-state index in [1.54, 1.807) is 6.92 Å². The molecule has 1 amide bonds. The van der Waals surface area contributed by atoms with Gasteiger partial charge < -0.3 is 11.1 Å². The number of carbonyl (C=O) groups is 1. The molecule has 1 aromatic rings. The van der Waals surface area contributed by atoms with Gasteiger partial charge in [-0.05, 0) is 37.3 Å². The van der Waals surface area contributed by atoms with Crippen LogP contribution in [-0.2, 0) is 11.0 Å². The van der Waals surface area contributed by atoms with E-state index in [1.807, 2.05) is 0 Å². The number of nitrogens with one attached hydrogen (secondary N) is 2. The van der Waals surface area contributed by atoms with E-state index in [0.717, 1.165) is 12.1 Å². The van der Waals surface area contributed by atoms with E-state index in [4.69, 9.17) is 5.73 Å². The van der Waals surface area contributed by atoms with Crippen LogP contribution in [0.2, 0.25) is 0 Å². The SMILES string of the molecule is CC(CC(=O)Nc1cccc(C(F)(F)F)c1)=NNC(N)=S. The topological polar surface area (TPSA) is 79.5 Å². The lowest BCUT2D eigenvalue weighted by molar-refractivity contribution is -0.137. The molecule has 5 nitrogen and oxygen atoms in total. The Kier molecular flexibility index (Phi) is 5.65. The van der Waals surface area contributed by atoms with Crippen LogP contribution in [-0.4, -0.2) is 16.7 Å². The molecule has 1 aromatic carbocycles. The highest BCUT2D eigenvalue weighted by Gasteiger charge is 2.30. The van der Waals surface area contributed by atoms with Crippen molar-refractivity contribution in [1.29, 1.82) is 0 Å². The van der Waals surface area contributed by atoms with Crippen LogP contribution in [0.1, 0.15) is 18.9 Å². The van der Waals surface area contributed by atoms with Crippen molar-refractivity contribution >= 4 is 34.6 Å². The van der Waals surface area contributed by atoms with E-state index in [9.17, 15) is 18.0 Å². The zero-order valence-electron chi connectivity index (χ0n) is 11.0. The number of carbonyl (C=O) groups excluding carboxylic acids is 1. The van der Waals surface area contributed by atoms with Gasteiger partial charge in [-0.15, -0.1) is 0 Å². The lowest BCUT2D eigenvalue weighted by Gasteiger charge is -2.09. The third-order valence-corrected chi connectivity index (χ3v) is 2.34. The third-order valence-electron chi connectivity index (χ3n) is 2.25. The molecular formula is C12H13F3N4OS. The summed E-state index contributed by atoms with van der Waals surface area (Å²) in [6.45, 7) is 1.55. The van der Waals surface area contributed by atoms with Gasteiger partial charge in [0.05, 0.1) is 12.0 Å². The number of nitrogens with zero attached hydrogens (tertiary/aromatic N) is 1. The molecule has 114 valence electrons. The first-order valence-corrected chi connectivity index (χ1v) is 6.15. The fraction of sp³-hybridized carbons (Fsp3) is 0.250. The van der Waals surface area contributed by atoms with Gasteiger partial charge in [-0.2, -0.15) is 18.3 Å². The van der Waals surface area contributed by atoms with Gasteiger partial charge in [-0.25, -0.2) is 0 Å². The maximum Gasteiger partial charge on any atom is 0.416 e. The highest BCUT2D eigenvalue weighted by molar-refractivity contribution is 7.80. The predicted molar refractivity (Wildman–Crippen MR) is 77.7 cm³/mol. The number of hydrazone groups is 1. The lowest BCUT2D eigenvalue weighted by Crippen LogP contribution is -2.26. The standard InChI is InChI=1S/C12H13F3N4OS/c1-7(18-19-11(16)21)5-10(20)17-9-4-2-3-8(6-9)12(13,14)15/h2-4,6H,5H2,1H3,(H,17,20)(H3,16,19,21). The number of benzene rings is 1. The normalized spacial score (nSPS) is 11.9. The third kappa shape index (κ3) is 6.21. The number of alkyl halides is 3. The summed E-state index contributed by atoms with van der Waals surface area (Å²) in [6, 6.07) is 4.37. The largest absolute Gasteiger partial charge is 0.416 e. The van der Waals surface area contributed by atoms with E-state index in [1.165, 1.54) is 12.1 Å². The van der Waals surface area contributed by atoms with E-state index in [-0.39, 0.29) is 17.2 Å². The van der Waals surface area contributed by atoms with Crippen LogP contribution < -0.4 is 16.5 Å². The molecule has 0 aliphatic carbocycles. The number of rotatable bonds is 4. The van der Waals surface area contributed by atoms with Crippen molar-refractivity contribution in [2.24, 2.45) is 10.8 Å². The second-order valence-corrected chi connectivity index (χ2v) is 4.57. The minimum Gasteiger partial charge on any atom is -0.375 e. The van der Waals surface area contributed by atoms with Gasteiger partial charge in [-0.1, -0.05) is 6.07 Å². The van der Waals surface area contributed by atoms with Crippen LogP contribution in [0.4, 0.5) is 18.9 Å². The summed E-state index contributed by atoms with van der Waals surface area (Å²) in [7, 11) is 0. The van der Waals surface area contributed by atoms with Gasteiger partial charge in [0, 0.05) is 11.4 Å². The Morgan fingerprint density at radius 1 is 1.43 bits per heavy atom. The second kappa shape index (κ2) is 7.02. The van der Waals surface area contributed by atoms with E-state index in [2.05, 4.69) is 28.1 Å². The molecule has 0 saturated heterocycles. The van der Waals surface area contributed by atoms with Crippen LogP contribution in [0.25, 0.3) is 0 Å². The number of hydrogen-bond acceptors (Lipinski definition) is 3. The zero-order valence-corrected chi connectivity index (χ0v) is 11.8. The molecular weight excluding hydrogens is 305 g/mol. The van der Waals surface area contributed by atoms with Crippen molar-refractivity contribution in [2.75, 3.05) is 5.32 Å². The smallest absolute Gasteiger partial charge is 0.375 e. The first-order chi connectivity index (χ1) is 9.68. The maximum atomic E-state index is 12.5. The van der Waals surface area contributed by atoms with Crippen molar-refractivity contribution in [2.45, 2.75) is 19.5 Å². The van der Waals surface area contributed by atoms with Crippen molar-refractivity contribution in [3.63, 3.8) is 0 Å². The summed E-state index contributed by atoms with van der Waals surface area (Å²) in [5.41, 5.74) is 7.08. The quantitative estimate of drug-likeness (QED) is 0.452. The van der Waals surface area contributed by atoms with Crippen LogP contribution in [0.15, 0.2) is 29.4 Å². The number of anilines is 1. The minimum atomic E-state index is -4.46. The van der Waals surface area contributed by atoms with Crippen LogP contribution in [0, 0.1) is 0 Å². The Bertz CT molecular complexity index is 572. The summed E-state index contributed by atoms with van der Waals surface area (Å²) in [5.74, 6) is -0.500. The summed E-state index contributed by atoms with van der Waals surface area (Å²) >= 11 is 4.53. The Hall–Kier alpha value is -2.16. The fourth-order valence-electron chi connectivity index (χ4n) is 1.40. The molecule has 0 fully saturated rings. The molecule has 0 aliphatic heterocycles. The Labute approximate surface area is 124 Å². The molecule has 9 heteroatoms. The second-order valence-electron chi connectivity index (χ2n) is 4.13. The molecule has 1 rings (SSSR count). The number of nitrogens with two attached hydrogens (primary N) is 1. The molecule has 0 heterocycles. The molecule has 0 bridgehead atoms. The van der Waals surface area contributed by atoms with Gasteiger partial charge in [0.2, 0.25) is 5.91 Å². The predicted octanol–water partition coefficient (Wildman–Crippen LogP) is 2.24. The summed E-state index contributed by atoms with van der Waals surface area (Å²) in [5, 5.41) is 6.03. The number of hydrogen-bond donors (Lipinski definition) is 3. The highest BCUT2D eigenvalue weighted by Crippen LogP contribution is 2.30. The fourth-order valence-corrected chi connectivity index (χ4v) is 1.45. The molecule has 0 aliphatic rings. The molecule has 0 spiro atoms. The van der Waals surface area contributed by atoms with E-state index in [0.29, 0.717) is 5.71 Å². The lowest BCUT2D eigenvalue weighted by atomic mass is 10.2. The maximum absolute atomic E-state index is 12.5. The number of halogens is 3. The molecule has 4 N–H and O–H groups in total. The molecule has 0 unspecified atom stereocenters. The molecule has 0 atom stereocenters. The van der Waals surface area contributed by atoms with Gasteiger partial charge in [0.25, 0.3) is 0 Å². The summed E-state index contributed by atoms with van der Waals surface area (Å²) in [6.07, 6.45) is -4.56. The van der Waals surface area contributed by atoms with Crippen LogP contribution in [0.5, 0.6) is 0 Å². The molecule has 21 heavy (non-hydrogen) atoms. The molecule has 0 aromatic heterocycles. The zero-order chi connectivity index (χ0) is 16.0. The first-order valence-electron chi connectivity index (χ1n) is 5.74. The average Bonchev–Trinajstić information content (AvgIpc) is 2.35. The van der Waals surface area contributed by atoms with E-state index >= 15 is 0 Å². The van der Waals surface area contributed by atoms with Gasteiger partial charge in [0.1, 0.15) is 0 Å². The van der Waals surface area contributed by atoms with Gasteiger partial charge >= 0.3 is 6.18 Å². The van der Waals surface area contributed by atoms with Crippen molar-refractivity contribution < 1.29 is 18.0 Å². The number of amides is 1. The summed E-state index contributed by atoms with van der Waals surface area (Å²) in [4.78, 5) is 11.7. The summed E-state index contributed by atoms with van der Waals surface area (Å²) < 4.78 is 37.6. The van der Waals surface area contributed by atoms with Crippen LogP contribution in [0.3, 0.4) is 0 Å². The first kappa shape index (κ1) is 16.9. The molecule has 0 saturated carbocycles. The van der Waals surface area contributed by atoms with Crippen molar-refractivity contribution in [3.8, 4) is 0 Å².